The number of H-pyrrole nitrogens is 1. The van der Waals surface area contributed by atoms with Crippen LogP contribution >= 0.6 is 0 Å². The first-order chi connectivity index (χ1) is 16.5. The van der Waals surface area contributed by atoms with Crippen LogP contribution in [0.3, 0.4) is 0 Å². The first kappa shape index (κ1) is 22.1. The smallest absolute Gasteiger partial charge is 0.378 e. The van der Waals surface area contributed by atoms with Crippen LogP contribution in [-0.4, -0.2) is 52.8 Å². The highest BCUT2D eigenvalue weighted by Crippen LogP contribution is 2.35. The fourth-order valence-corrected chi connectivity index (χ4v) is 3.98. The van der Waals surface area contributed by atoms with E-state index < -0.39 is 11.9 Å². The molecule has 1 aliphatic heterocycles. The monoisotopic (exact) mass is 468 g/mol. The van der Waals surface area contributed by atoms with Crippen molar-refractivity contribution in [1.82, 2.24) is 19.9 Å². The quantitative estimate of drug-likeness (QED) is 0.433. The number of aromatic amines is 1. The van der Waals surface area contributed by atoms with Crippen molar-refractivity contribution in [3.05, 3.63) is 66.1 Å². The van der Waals surface area contributed by atoms with E-state index in [1.807, 2.05) is 23.2 Å². The predicted molar refractivity (Wildman–Crippen MR) is 124 cm³/mol. The van der Waals surface area contributed by atoms with Gasteiger partial charge in [0.15, 0.2) is 0 Å². The lowest BCUT2D eigenvalue weighted by molar-refractivity contribution is -0.140. The van der Waals surface area contributed by atoms with Gasteiger partial charge in [-0.2, -0.15) is 18.2 Å². The van der Waals surface area contributed by atoms with E-state index >= 15 is 0 Å². The molecule has 1 aliphatic rings. The first-order valence-electron chi connectivity index (χ1n) is 11.0. The highest BCUT2D eigenvalue weighted by molar-refractivity contribution is 5.95. The van der Waals surface area contributed by atoms with E-state index in [9.17, 15) is 13.2 Å². The van der Waals surface area contributed by atoms with Gasteiger partial charge in [0.2, 0.25) is 5.95 Å². The number of benzene rings is 1. The fraction of sp³-hybridized carbons (Fsp3) is 0.292. The average Bonchev–Trinajstić information content (AvgIpc) is 3.31. The van der Waals surface area contributed by atoms with Crippen LogP contribution in [0.5, 0.6) is 0 Å². The fourth-order valence-electron chi connectivity index (χ4n) is 3.98. The number of fused-ring (bicyclic) bond motifs is 1. The Balaban J connectivity index is 1.50. The third-order valence-electron chi connectivity index (χ3n) is 5.70. The zero-order valence-electron chi connectivity index (χ0n) is 18.3. The van der Waals surface area contributed by atoms with E-state index in [-0.39, 0.29) is 0 Å². The molecule has 1 aromatic carbocycles. The van der Waals surface area contributed by atoms with Crippen molar-refractivity contribution in [2.24, 2.45) is 0 Å². The Morgan fingerprint density at radius 2 is 1.91 bits per heavy atom. The van der Waals surface area contributed by atoms with Gasteiger partial charge in [0.25, 0.3) is 0 Å². The maximum Gasteiger partial charge on any atom is 0.431 e. The van der Waals surface area contributed by atoms with Gasteiger partial charge in [0, 0.05) is 54.6 Å². The SMILES string of the molecule is FC(F)(F)c1cc2c(-c3cc(NCCc4cccnc4)nc(N4CCOCC4)n3)cccc2[nH]1. The van der Waals surface area contributed by atoms with Gasteiger partial charge in [0.1, 0.15) is 11.5 Å². The van der Waals surface area contributed by atoms with Gasteiger partial charge in [-0.15, -0.1) is 0 Å². The first-order valence-corrected chi connectivity index (χ1v) is 11.0. The minimum absolute atomic E-state index is 0.405. The van der Waals surface area contributed by atoms with Gasteiger partial charge in [-0.1, -0.05) is 18.2 Å². The second-order valence-electron chi connectivity index (χ2n) is 8.02. The van der Waals surface area contributed by atoms with Crippen molar-refractivity contribution >= 4 is 22.7 Å². The molecule has 0 saturated carbocycles. The standard InChI is InChI=1S/C24H23F3N6O/c25-24(26,27)21-13-18-17(4-1-5-19(18)30-21)20-14-22(29-8-6-16-3-2-7-28-15-16)32-23(31-20)33-9-11-34-12-10-33/h1-5,7,13-15,30H,6,8-12H2,(H,29,31,32). The molecule has 0 spiro atoms. The van der Waals surface area contributed by atoms with Crippen LogP contribution in [0.1, 0.15) is 11.3 Å². The van der Waals surface area contributed by atoms with Crippen LogP contribution in [-0.2, 0) is 17.3 Å². The highest BCUT2D eigenvalue weighted by Gasteiger charge is 2.33. The Morgan fingerprint density at radius 1 is 1.06 bits per heavy atom. The molecule has 3 aromatic heterocycles. The molecular formula is C24H23F3N6O. The summed E-state index contributed by atoms with van der Waals surface area (Å²) in [6, 6.07) is 11.9. The van der Waals surface area contributed by atoms with Crippen molar-refractivity contribution < 1.29 is 17.9 Å². The van der Waals surface area contributed by atoms with Crippen molar-refractivity contribution in [2.45, 2.75) is 12.6 Å². The Labute approximate surface area is 194 Å². The number of nitrogens with zero attached hydrogens (tertiary/aromatic N) is 4. The molecule has 0 unspecified atom stereocenters. The van der Waals surface area contributed by atoms with Crippen LogP contribution < -0.4 is 10.2 Å². The zero-order valence-corrected chi connectivity index (χ0v) is 18.3. The topological polar surface area (TPSA) is 79.0 Å². The third-order valence-corrected chi connectivity index (χ3v) is 5.70. The maximum absolute atomic E-state index is 13.3. The number of halogens is 3. The lowest BCUT2D eigenvalue weighted by Crippen LogP contribution is -2.37. The third kappa shape index (κ3) is 4.81. The summed E-state index contributed by atoms with van der Waals surface area (Å²) in [5.74, 6) is 1.13. The number of rotatable bonds is 6. The van der Waals surface area contributed by atoms with E-state index in [2.05, 4.69) is 20.3 Å². The second-order valence-corrected chi connectivity index (χ2v) is 8.02. The summed E-state index contributed by atoms with van der Waals surface area (Å²) in [7, 11) is 0. The van der Waals surface area contributed by atoms with Crippen LogP contribution in [0.25, 0.3) is 22.2 Å². The van der Waals surface area contributed by atoms with Crippen molar-refractivity contribution in [1.29, 1.82) is 0 Å². The molecule has 0 bridgehead atoms. The number of aromatic nitrogens is 4. The lowest BCUT2D eigenvalue weighted by Gasteiger charge is -2.27. The molecule has 176 valence electrons. The van der Waals surface area contributed by atoms with E-state index in [0.717, 1.165) is 18.1 Å². The van der Waals surface area contributed by atoms with Crippen LogP contribution in [0.15, 0.2) is 54.9 Å². The molecule has 0 atom stereocenters. The lowest BCUT2D eigenvalue weighted by atomic mass is 10.1. The van der Waals surface area contributed by atoms with Crippen LogP contribution in [0.4, 0.5) is 24.9 Å². The number of pyridine rings is 1. The maximum atomic E-state index is 13.3. The molecule has 1 fully saturated rings. The minimum atomic E-state index is -4.46. The van der Waals surface area contributed by atoms with Crippen LogP contribution in [0.2, 0.25) is 0 Å². The Hall–Kier alpha value is -3.66. The molecule has 0 radical (unpaired) electrons. The summed E-state index contributed by atoms with van der Waals surface area (Å²) in [5.41, 5.74) is 1.87. The highest BCUT2D eigenvalue weighted by atomic mass is 19.4. The van der Waals surface area contributed by atoms with Gasteiger partial charge in [0.05, 0.1) is 18.9 Å². The molecule has 34 heavy (non-hydrogen) atoms. The molecule has 10 heteroatoms. The van der Waals surface area contributed by atoms with Crippen LogP contribution in [0, 0.1) is 0 Å². The van der Waals surface area contributed by atoms with E-state index in [4.69, 9.17) is 9.72 Å². The largest absolute Gasteiger partial charge is 0.431 e. The summed E-state index contributed by atoms with van der Waals surface area (Å²) >= 11 is 0. The summed E-state index contributed by atoms with van der Waals surface area (Å²) in [6.07, 6.45) is -0.159. The summed E-state index contributed by atoms with van der Waals surface area (Å²) < 4.78 is 45.4. The normalized spacial score (nSPS) is 14.5. The van der Waals surface area contributed by atoms with Gasteiger partial charge in [-0.05, 0) is 30.2 Å². The number of morpholine rings is 1. The number of ether oxygens (including phenoxy) is 1. The number of hydrogen-bond acceptors (Lipinski definition) is 6. The molecule has 1 saturated heterocycles. The molecule has 0 amide bonds. The van der Waals surface area contributed by atoms with Gasteiger partial charge in [-0.3, -0.25) is 4.98 Å². The number of anilines is 2. The molecule has 7 nitrogen and oxygen atoms in total. The van der Waals surface area contributed by atoms with Gasteiger partial charge < -0.3 is 19.9 Å². The summed E-state index contributed by atoms with van der Waals surface area (Å²) in [5, 5.41) is 3.80. The van der Waals surface area contributed by atoms with Crippen molar-refractivity contribution in [2.75, 3.05) is 43.1 Å². The zero-order chi connectivity index (χ0) is 23.5. The summed E-state index contributed by atoms with van der Waals surface area (Å²) in [6.45, 7) is 3.05. The summed E-state index contributed by atoms with van der Waals surface area (Å²) in [4.78, 5) is 18.0. The molecule has 5 rings (SSSR count). The molecule has 4 aromatic rings. The number of hydrogen-bond donors (Lipinski definition) is 2. The molecular weight excluding hydrogens is 445 g/mol. The molecule has 4 heterocycles. The van der Waals surface area contributed by atoms with Crippen molar-refractivity contribution in [3.8, 4) is 11.3 Å². The van der Waals surface area contributed by atoms with E-state index in [1.54, 1.807) is 30.5 Å². The number of nitrogens with one attached hydrogen (secondary N) is 2. The second kappa shape index (κ2) is 9.30. The minimum Gasteiger partial charge on any atom is -0.378 e. The van der Waals surface area contributed by atoms with Crippen molar-refractivity contribution in [3.63, 3.8) is 0 Å². The predicted octanol–water partition coefficient (Wildman–Crippen LogP) is 4.53. The van der Waals surface area contributed by atoms with Gasteiger partial charge in [-0.25, -0.2) is 4.98 Å². The Morgan fingerprint density at radius 3 is 2.68 bits per heavy atom. The van der Waals surface area contributed by atoms with Gasteiger partial charge >= 0.3 is 6.18 Å². The Kier molecular flexibility index (Phi) is 6.06. The Bertz CT molecular complexity index is 1270. The van der Waals surface area contributed by atoms with E-state index in [1.165, 1.54) is 0 Å². The molecule has 2 N–H and O–H groups in total. The van der Waals surface area contributed by atoms with E-state index in [0.29, 0.717) is 66.8 Å². The number of alkyl halides is 3. The molecule has 0 aliphatic carbocycles. The average molecular weight is 468 g/mol.